The summed E-state index contributed by atoms with van der Waals surface area (Å²) in [5.41, 5.74) is 1.23. The average molecular weight is 263 g/mol. The number of carbonyl (C=O) groups is 1. The number of piperazine rings is 1. The molecular weight excluding hydrogens is 238 g/mol. The van der Waals surface area contributed by atoms with E-state index in [1.165, 1.54) is 5.56 Å². The molecule has 4 nitrogen and oxygen atoms in total. The van der Waals surface area contributed by atoms with Gasteiger partial charge in [0.25, 0.3) is 0 Å². The SMILES string of the molecule is C.CCN1CCN(c2ccc(C(C)C)cn2)CC1=O. The third-order valence-corrected chi connectivity index (χ3v) is 3.46. The number of amides is 1. The van der Waals surface area contributed by atoms with Crippen molar-refractivity contribution in [2.75, 3.05) is 31.1 Å². The van der Waals surface area contributed by atoms with Crippen LogP contribution in [0.5, 0.6) is 0 Å². The molecule has 0 atom stereocenters. The fraction of sp³-hybridized carbons (Fsp3) is 0.600. The van der Waals surface area contributed by atoms with Crippen molar-refractivity contribution in [3.05, 3.63) is 23.9 Å². The van der Waals surface area contributed by atoms with Gasteiger partial charge in [0.15, 0.2) is 0 Å². The largest absolute Gasteiger partial charge is 0.346 e. The normalized spacial score (nSPS) is 15.7. The van der Waals surface area contributed by atoms with Crippen LogP contribution in [-0.4, -0.2) is 42.0 Å². The Bertz CT molecular complexity index is 414. The summed E-state index contributed by atoms with van der Waals surface area (Å²) in [7, 11) is 0. The van der Waals surface area contributed by atoms with E-state index in [1.54, 1.807) is 0 Å². The van der Waals surface area contributed by atoms with Crippen molar-refractivity contribution in [1.82, 2.24) is 9.88 Å². The van der Waals surface area contributed by atoms with E-state index in [-0.39, 0.29) is 13.3 Å². The van der Waals surface area contributed by atoms with Gasteiger partial charge in [0.1, 0.15) is 5.82 Å². The number of nitrogens with zero attached hydrogens (tertiary/aromatic N) is 3. The molecule has 1 aromatic rings. The zero-order valence-electron chi connectivity index (χ0n) is 11.4. The van der Waals surface area contributed by atoms with Gasteiger partial charge in [-0.05, 0) is 24.5 Å². The maximum atomic E-state index is 11.8. The van der Waals surface area contributed by atoms with E-state index in [0.29, 0.717) is 12.5 Å². The molecule has 1 aliphatic rings. The van der Waals surface area contributed by atoms with E-state index in [0.717, 1.165) is 25.5 Å². The Morgan fingerprint density at radius 2 is 2.05 bits per heavy atom. The number of rotatable bonds is 3. The predicted octanol–water partition coefficient (Wildman–Crippen LogP) is 2.51. The molecule has 106 valence electrons. The lowest BCUT2D eigenvalue weighted by Gasteiger charge is -2.34. The van der Waals surface area contributed by atoms with E-state index in [2.05, 4.69) is 29.8 Å². The molecule has 0 saturated carbocycles. The molecule has 4 heteroatoms. The van der Waals surface area contributed by atoms with Crippen LogP contribution in [0.2, 0.25) is 0 Å². The molecule has 0 unspecified atom stereocenters. The highest BCUT2D eigenvalue weighted by Crippen LogP contribution is 2.18. The highest BCUT2D eigenvalue weighted by Gasteiger charge is 2.23. The van der Waals surface area contributed by atoms with Crippen molar-refractivity contribution in [2.45, 2.75) is 34.1 Å². The summed E-state index contributed by atoms with van der Waals surface area (Å²) in [6.07, 6.45) is 1.91. The minimum absolute atomic E-state index is 0. The second kappa shape index (κ2) is 6.55. The van der Waals surface area contributed by atoms with Crippen LogP contribution in [0.25, 0.3) is 0 Å². The first-order chi connectivity index (χ1) is 8.61. The molecule has 0 bridgehead atoms. The molecule has 1 fully saturated rings. The smallest absolute Gasteiger partial charge is 0.242 e. The number of anilines is 1. The van der Waals surface area contributed by atoms with E-state index < -0.39 is 0 Å². The van der Waals surface area contributed by atoms with Crippen LogP contribution < -0.4 is 4.90 Å². The molecule has 0 N–H and O–H groups in total. The molecular formula is C15H25N3O. The maximum absolute atomic E-state index is 11.8. The van der Waals surface area contributed by atoms with Gasteiger partial charge < -0.3 is 9.80 Å². The second-order valence-electron chi connectivity index (χ2n) is 5.00. The zero-order valence-corrected chi connectivity index (χ0v) is 11.4. The highest BCUT2D eigenvalue weighted by molar-refractivity contribution is 5.82. The molecule has 1 saturated heterocycles. The molecule has 2 heterocycles. The van der Waals surface area contributed by atoms with Crippen molar-refractivity contribution in [3.63, 3.8) is 0 Å². The molecule has 2 rings (SSSR count). The van der Waals surface area contributed by atoms with Crippen LogP contribution in [0.3, 0.4) is 0 Å². The van der Waals surface area contributed by atoms with E-state index >= 15 is 0 Å². The van der Waals surface area contributed by atoms with Crippen molar-refractivity contribution >= 4 is 11.7 Å². The van der Waals surface area contributed by atoms with Gasteiger partial charge in [0.05, 0.1) is 6.54 Å². The number of pyridine rings is 1. The monoisotopic (exact) mass is 263 g/mol. The zero-order chi connectivity index (χ0) is 13.1. The quantitative estimate of drug-likeness (QED) is 0.840. The minimum Gasteiger partial charge on any atom is -0.346 e. The Hall–Kier alpha value is -1.58. The lowest BCUT2D eigenvalue weighted by Crippen LogP contribution is -2.50. The first-order valence-corrected chi connectivity index (χ1v) is 6.60. The fourth-order valence-electron chi connectivity index (χ4n) is 2.16. The highest BCUT2D eigenvalue weighted by atomic mass is 16.2. The number of carbonyl (C=O) groups excluding carboxylic acids is 1. The third-order valence-electron chi connectivity index (χ3n) is 3.46. The van der Waals surface area contributed by atoms with Gasteiger partial charge in [-0.25, -0.2) is 4.98 Å². The molecule has 19 heavy (non-hydrogen) atoms. The van der Waals surface area contributed by atoms with Crippen LogP contribution >= 0.6 is 0 Å². The summed E-state index contributed by atoms with van der Waals surface area (Å²) in [6, 6.07) is 4.12. The Morgan fingerprint density at radius 1 is 1.32 bits per heavy atom. The van der Waals surface area contributed by atoms with E-state index in [1.807, 2.05) is 24.1 Å². The molecule has 0 aromatic carbocycles. The number of likely N-dealkylation sites (N-methyl/N-ethyl adjacent to an activating group) is 1. The Kier molecular flexibility index (Phi) is 5.33. The lowest BCUT2D eigenvalue weighted by atomic mass is 10.1. The molecule has 0 spiro atoms. The van der Waals surface area contributed by atoms with Gasteiger partial charge in [0, 0.05) is 25.8 Å². The van der Waals surface area contributed by atoms with E-state index in [4.69, 9.17) is 0 Å². The fourth-order valence-corrected chi connectivity index (χ4v) is 2.16. The van der Waals surface area contributed by atoms with Crippen molar-refractivity contribution in [3.8, 4) is 0 Å². The van der Waals surface area contributed by atoms with Crippen LogP contribution in [-0.2, 0) is 4.79 Å². The summed E-state index contributed by atoms with van der Waals surface area (Å²) in [4.78, 5) is 20.2. The summed E-state index contributed by atoms with van der Waals surface area (Å²) in [6.45, 7) is 9.23. The van der Waals surface area contributed by atoms with Gasteiger partial charge in [-0.3, -0.25) is 4.79 Å². The number of aromatic nitrogens is 1. The van der Waals surface area contributed by atoms with Crippen molar-refractivity contribution < 1.29 is 4.79 Å². The first kappa shape index (κ1) is 15.5. The molecule has 0 radical (unpaired) electrons. The maximum Gasteiger partial charge on any atom is 0.242 e. The van der Waals surface area contributed by atoms with Crippen LogP contribution in [0, 0.1) is 0 Å². The predicted molar refractivity (Wildman–Crippen MR) is 79.5 cm³/mol. The van der Waals surface area contributed by atoms with Crippen LogP contribution in [0.15, 0.2) is 18.3 Å². The Labute approximate surface area is 116 Å². The first-order valence-electron chi connectivity index (χ1n) is 6.60. The second-order valence-corrected chi connectivity index (χ2v) is 5.00. The van der Waals surface area contributed by atoms with E-state index in [9.17, 15) is 4.79 Å². The summed E-state index contributed by atoms with van der Waals surface area (Å²) < 4.78 is 0. The average Bonchev–Trinajstić information content (AvgIpc) is 2.38. The molecule has 1 aliphatic heterocycles. The summed E-state index contributed by atoms with van der Waals surface area (Å²) >= 11 is 0. The standard InChI is InChI=1S/C14H21N3O.CH4/c1-4-16-7-8-17(10-14(16)18)13-6-5-12(9-15-13)11(2)3;/h5-6,9,11H,4,7-8,10H2,1-3H3;1H4. The van der Waals surface area contributed by atoms with Crippen LogP contribution in [0.4, 0.5) is 5.82 Å². The van der Waals surface area contributed by atoms with Gasteiger partial charge in [-0.15, -0.1) is 0 Å². The Balaban J connectivity index is 0.00000180. The number of hydrogen-bond acceptors (Lipinski definition) is 3. The summed E-state index contributed by atoms with van der Waals surface area (Å²) in [5.74, 6) is 1.59. The molecule has 1 amide bonds. The van der Waals surface area contributed by atoms with Gasteiger partial charge in [-0.1, -0.05) is 27.3 Å². The van der Waals surface area contributed by atoms with Crippen LogP contribution in [0.1, 0.15) is 39.7 Å². The van der Waals surface area contributed by atoms with Gasteiger partial charge in [0.2, 0.25) is 5.91 Å². The lowest BCUT2D eigenvalue weighted by molar-refractivity contribution is -0.130. The molecule has 1 aromatic heterocycles. The van der Waals surface area contributed by atoms with Gasteiger partial charge >= 0.3 is 0 Å². The van der Waals surface area contributed by atoms with Crippen molar-refractivity contribution in [1.29, 1.82) is 0 Å². The minimum atomic E-state index is 0. The summed E-state index contributed by atoms with van der Waals surface area (Å²) in [5, 5.41) is 0. The Morgan fingerprint density at radius 3 is 2.53 bits per heavy atom. The third kappa shape index (κ3) is 3.46. The topological polar surface area (TPSA) is 36.4 Å². The molecule has 0 aliphatic carbocycles. The number of hydrogen-bond donors (Lipinski definition) is 0. The van der Waals surface area contributed by atoms with Crippen molar-refractivity contribution in [2.24, 2.45) is 0 Å². The van der Waals surface area contributed by atoms with Gasteiger partial charge in [-0.2, -0.15) is 0 Å².